The molecule has 0 aliphatic carbocycles. The highest BCUT2D eigenvalue weighted by molar-refractivity contribution is 5.92. The van der Waals surface area contributed by atoms with Crippen molar-refractivity contribution >= 4 is 11.6 Å². The van der Waals surface area contributed by atoms with Crippen LogP contribution in [0.2, 0.25) is 0 Å². The molecule has 1 aliphatic heterocycles. The maximum Gasteiger partial charge on any atom is 0.271 e. The Morgan fingerprint density at radius 3 is 2.76 bits per heavy atom. The summed E-state index contributed by atoms with van der Waals surface area (Å²) < 4.78 is 17.6. The molecule has 0 fully saturated rings. The fraction of sp³-hybridized carbons (Fsp3) is 0.158. The summed E-state index contributed by atoms with van der Waals surface area (Å²) in [5.74, 6) is 1.57. The van der Waals surface area contributed by atoms with E-state index in [0.29, 0.717) is 22.9 Å². The van der Waals surface area contributed by atoms with E-state index in [2.05, 4.69) is 10.4 Å². The Kier molecular flexibility index (Phi) is 4.97. The number of nitro benzene ring substituents is 1. The van der Waals surface area contributed by atoms with Gasteiger partial charge in [0.1, 0.15) is 12.4 Å². The van der Waals surface area contributed by atoms with Crippen molar-refractivity contribution in [2.45, 2.75) is 0 Å². The van der Waals surface area contributed by atoms with Crippen LogP contribution in [0, 0.1) is 10.1 Å². The number of non-ortho nitro benzene ring substituents is 1. The van der Waals surface area contributed by atoms with Crippen LogP contribution in [-0.2, 0) is 0 Å². The Bertz CT molecular complexity index is 1050. The molecule has 2 aromatic carbocycles. The van der Waals surface area contributed by atoms with Crippen LogP contribution in [0.15, 0.2) is 54.7 Å². The quantitative estimate of drug-likeness (QED) is 0.370. The minimum atomic E-state index is -0.475. The Labute approximate surface area is 164 Å². The number of nitrogens with one attached hydrogen (secondary N) is 1. The molecule has 29 heavy (non-hydrogen) atoms. The summed E-state index contributed by atoms with van der Waals surface area (Å²) in [6.07, 6.45) is 1.61. The molecule has 0 unspecified atom stereocenters. The summed E-state index contributed by atoms with van der Waals surface area (Å²) in [5, 5.41) is 17.6. The number of carbonyl (C=O) groups is 1. The van der Waals surface area contributed by atoms with Gasteiger partial charge in [-0.1, -0.05) is 0 Å². The first-order chi connectivity index (χ1) is 14.1. The highest BCUT2D eigenvalue weighted by Gasteiger charge is 2.14. The van der Waals surface area contributed by atoms with Gasteiger partial charge in [-0.15, -0.1) is 0 Å². The lowest BCUT2D eigenvalue weighted by Crippen LogP contribution is -2.28. The van der Waals surface area contributed by atoms with Gasteiger partial charge < -0.3 is 19.5 Å². The van der Waals surface area contributed by atoms with Gasteiger partial charge >= 0.3 is 0 Å². The van der Waals surface area contributed by atoms with Gasteiger partial charge in [0.2, 0.25) is 6.79 Å². The molecule has 10 heteroatoms. The average Bonchev–Trinajstić information content (AvgIpc) is 3.40. The zero-order valence-electron chi connectivity index (χ0n) is 15.1. The van der Waals surface area contributed by atoms with E-state index in [1.807, 2.05) is 0 Å². The van der Waals surface area contributed by atoms with E-state index in [-0.39, 0.29) is 37.2 Å². The lowest BCUT2D eigenvalue weighted by molar-refractivity contribution is -0.384. The molecule has 1 amide bonds. The van der Waals surface area contributed by atoms with Crippen molar-refractivity contribution < 1.29 is 23.9 Å². The normalized spacial score (nSPS) is 11.9. The number of ether oxygens (including phenoxy) is 3. The molecule has 0 spiro atoms. The van der Waals surface area contributed by atoms with Gasteiger partial charge in [-0.2, -0.15) is 5.10 Å². The summed E-state index contributed by atoms with van der Waals surface area (Å²) in [6.45, 7) is 0.757. The second kappa shape index (κ2) is 7.89. The maximum absolute atomic E-state index is 12.2. The summed E-state index contributed by atoms with van der Waals surface area (Å²) in [4.78, 5) is 22.5. The number of carbonyl (C=O) groups excluding carboxylic acids is 1. The Balaban J connectivity index is 1.28. The first kappa shape index (κ1) is 18.3. The van der Waals surface area contributed by atoms with Crippen LogP contribution in [0.1, 0.15) is 10.5 Å². The maximum atomic E-state index is 12.2. The van der Waals surface area contributed by atoms with Crippen molar-refractivity contribution in [3.8, 4) is 22.9 Å². The predicted octanol–water partition coefficient (Wildman–Crippen LogP) is 2.32. The van der Waals surface area contributed by atoms with Crippen molar-refractivity contribution in [2.24, 2.45) is 0 Å². The van der Waals surface area contributed by atoms with Gasteiger partial charge in [-0.25, -0.2) is 4.68 Å². The number of amides is 1. The van der Waals surface area contributed by atoms with Crippen LogP contribution in [-0.4, -0.2) is 40.6 Å². The Morgan fingerprint density at radius 1 is 1.17 bits per heavy atom. The average molecular weight is 396 g/mol. The van der Waals surface area contributed by atoms with Gasteiger partial charge in [0.15, 0.2) is 17.2 Å². The molecule has 0 radical (unpaired) electrons. The monoisotopic (exact) mass is 396 g/mol. The lowest BCUT2D eigenvalue weighted by Gasteiger charge is -2.07. The van der Waals surface area contributed by atoms with E-state index in [1.165, 1.54) is 16.8 Å². The predicted molar refractivity (Wildman–Crippen MR) is 101 cm³/mol. The number of aromatic nitrogens is 2. The third-order valence-corrected chi connectivity index (χ3v) is 4.15. The highest BCUT2D eigenvalue weighted by atomic mass is 16.7. The molecular weight excluding hydrogens is 380 g/mol. The molecule has 10 nitrogen and oxygen atoms in total. The number of hydrogen-bond acceptors (Lipinski definition) is 7. The van der Waals surface area contributed by atoms with E-state index in [1.54, 1.807) is 42.6 Å². The zero-order valence-corrected chi connectivity index (χ0v) is 15.1. The Hall–Kier alpha value is -4.08. The number of fused-ring (bicyclic) bond motifs is 1. The molecule has 1 N–H and O–H groups in total. The fourth-order valence-electron chi connectivity index (χ4n) is 2.71. The van der Waals surface area contributed by atoms with Crippen LogP contribution in [0.3, 0.4) is 0 Å². The van der Waals surface area contributed by atoms with E-state index in [9.17, 15) is 14.9 Å². The second-order valence-electron chi connectivity index (χ2n) is 6.04. The van der Waals surface area contributed by atoms with E-state index < -0.39 is 4.92 Å². The first-order valence-electron chi connectivity index (χ1n) is 8.71. The minimum absolute atomic E-state index is 0.0127. The molecule has 0 bridgehead atoms. The smallest absolute Gasteiger partial charge is 0.271 e. The van der Waals surface area contributed by atoms with Crippen molar-refractivity contribution in [1.82, 2.24) is 15.1 Å². The number of benzene rings is 2. The van der Waals surface area contributed by atoms with Crippen molar-refractivity contribution in [3.05, 3.63) is 70.5 Å². The van der Waals surface area contributed by atoms with Gasteiger partial charge in [-0.3, -0.25) is 14.9 Å². The summed E-state index contributed by atoms with van der Waals surface area (Å²) in [5.41, 5.74) is 0.827. The number of nitro groups is 1. The zero-order chi connectivity index (χ0) is 20.2. The first-order valence-corrected chi connectivity index (χ1v) is 8.71. The number of hydrogen-bond donors (Lipinski definition) is 1. The molecule has 0 saturated carbocycles. The topological polar surface area (TPSA) is 118 Å². The standard InChI is InChI=1S/C19H16N4O6/c24-19(20-8-10-27-15-5-6-17-18(11-15)29-12-28-17)16-7-9-22(21-16)13-1-3-14(4-2-13)23(25)26/h1-7,9,11H,8,10,12H2,(H,20,24). The molecule has 4 rings (SSSR count). The second-order valence-corrected chi connectivity index (χ2v) is 6.04. The van der Waals surface area contributed by atoms with Gasteiger partial charge in [0.25, 0.3) is 11.6 Å². The molecule has 148 valence electrons. The van der Waals surface area contributed by atoms with E-state index >= 15 is 0 Å². The van der Waals surface area contributed by atoms with Crippen LogP contribution in [0.5, 0.6) is 17.2 Å². The summed E-state index contributed by atoms with van der Waals surface area (Å²) in [7, 11) is 0. The van der Waals surface area contributed by atoms with E-state index in [4.69, 9.17) is 14.2 Å². The highest BCUT2D eigenvalue weighted by Crippen LogP contribution is 2.34. The van der Waals surface area contributed by atoms with Crippen molar-refractivity contribution in [2.75, 3.05) is 19.9 Å². The van der Waals surface area contributed by atoms with Crippen LogP contribution in [0.25, 0.3) is 5.69 Å². The molecule has 0 atom stereocenters. The Morgan fingerprint density at radius 2 is 1.97 bits per heavy atom. The SMILES string of the molecule is O=C(NCCOc1ccc2c(c1)OCO2)c1ccn(-c2ccc([N+](=O)[O-])cc2)n1. The molecule has 1 aromatic heterocycles. The molecule has 0 saturated heterocycles. The largest absolute Gasteiger partial charge is 0.492 e. The summed E-state index contributed by atoms with van der Waals surface area (Å²) in [6, 6.07) is 12.7. The third kappa shape index (κ3) is 4.10. The fourth-order valence-corrected chi connectivity index (χ4v) is 2.71. The summed E-state index contributed by atoms with van der Waals surface area (Å²) >= 11 is 0. The van der Waals surface area contributed by atoms with Crippen molar-refractivity contribution in [1.29, 1.82) is 0 Å². The number of rotatable bonds is 7. The van der Waals surface area contributed by atoms with Crippen LogP contribution in [0.4, 0.5) is 5.69 Å². The molecular formula is C19H16N4O6. The molecule has 1 aliphatic rings. The number of nitrogens with zero attached hydrogens (tertiary/aromatic N) is 3. The minimum Gasteiger partial charge on any atom is -0.492 e. The van der Waals surface area contributed by atoms with Crippen molar-refractivity contribution in [3.63, 3.8) is 0 Å². The third-order valence-electron chi connectivity index (χ3n) is 4.15. The van der Waals surface area contributed by atoms with Gasteiger partial charge in [-0.05, 0) is 30.3 Å². The van der Waals surface area contributed by atoms with Gasteiger partial charge in [0.05, 0.1) is 17.2 Å². The van der Waals surface area contributed by atoms with Gasteiger partial charge in [0, 0.05) is 24.4 Å². The molecule has 2 heterocycles. The van der Waals surface area contributed by atoms with E-state index in [0.717, 1.165) is 0 Å². The molecule has 3 aromatic rings. The van der Waals surface area contributed by atoms with Crippen LogP contribution >= 0.6 is 0 Å². The lowest BCUT2D eigenvalue weighted by atomic mass is 10.3. The van der Waals surface area contributed by atoms with Crippen LogP contribution < -0.4 is 19.5 Å².